The number of benzene rings is 1. The number of hydroxylamine groups is 1. The zero-order valence-corrected chi connectivity index (χ0v) is 10.7. The fourth-order valence-corrected chi connectivity index (χ4v) is 2.76. The summed E-state index contributed by atoms with van der Waals surface area (Å²) in [6.45, 7) is 2.01. The molecule has 3 rings (SSSR count). The fraction of sp³-hybridized carbons (Fsp3) is 0.462. The molecule has 2 aliphatic rings. The summed E-state index contributed by atoms with van der Waals surface area (Å²) in [6.07, 6.45) is 2.11. The Morgan fingerprint density at radius 2 is 1.84 bits per heavy atom. The molecular formula is C13H17N3O3. The van der Waals surface area contributed by atoms with E-state index in [-0.39, 0.29) is 12.5 Å². The molecule has 1 aromatic rings. The molecule has 0 spiro atoms. The summed E-state index contributed by atoms with van der Waals surface area (Å²) < 4.78 is 0. The molecule has 0 bridgehead atoms. The van der Waals surface area contributed by atoms with Gasteiger partial charge in [0, 0.05) is 13.0 Å². The maximum absolute atomic E-state index is 10.1. The van der Waals surface area contributed by atoms with Crippen molar-refractivity contribution in [3.63, 3.8) is 0 Å². The SMILES string of the molecule is CCC1=NN(O)c2cc3c(cc2N1O)CC(CO)C3. The van der Waals surface area contributed by atoms with E-state index in [9.17, 15) is 15.5 Å². The van der Waals surface area contributed by atoms with E-state index in [0.29, 0.717) is 23.6 Å². The first-order valence-electron chi connectivity index (χ1n) is 6.46. The molecule has 0 fully saturated rings. The van der Waals surface area contributed by atoms with Gasteiger partial charge < -0.3 is 5.11 Å². The van der Waals surface area contributed by atoms with E-state index < -0.39 is 0 Å². The van der Waals surface area contributed by atoms with Crippen LogP contribution in [-0.2, 0) is 12.8 Å². The Labute approximate surface area is 111 Å². The van der Waals surface area contributed by atoms with E-state index in [1.165, 1.54) is 0 Å². The van der Waals surface area contributed by atoms with Crippen molar-refractivity contribution in [2.45, 2.75) is 26.2 Å². The second kappa shape index (κ2) is 4.48. The number of nitrogens with zero attached hydrogens (tertiary/aromatic N) is 3. The Balaban J connectivity index is 2.04. The minimum atomic E-state index is 0.154. The van der Waals surface area contributed by atoms with Crippen LogP contribution in [0.1, 0.15) is 24.5 Å². The van der Waals surface area contributed by atoms with E-state index in [1.54, 1.807) is 0 Å². The van der Waals surface area contributed by atoms with Gasteiger partial charge in [0.25, 0.3) is 0 Å². The van der Waals surface area contributed by atoms with E-state index in [1.807, 2.05) is 19.1 Å². The van der Waals surface area contributed by atoms with Crippen LogP contribution >= 0.6 is 0 Å². The molecule has 1 aromatic carbocycles. The van der Waals surface area contributed by atoms with Crippen molar-refractivity contribution in [1.29, 1.82) is 0 Å². The van der Waals surface area contributed by atoms with Crippen LogP contribution in [0.4, 0.5) is 11.4 Å². The minimum absolute atomic E-state index is 0.154. The molecule has 3 N–H and O–H groups in total. The molecule has 19 heavy (non-hydrogen) atoms. The fourth-order valence-electron chi connectivity index (χ4n) is 2.76. The molecule has 1 atom stereocenters. The van der Waals surface area contributed by atoms with E-state index >= 15 is 0 Å². The van der Waals surface area contributed by atoms with Crippen molar-refractivity contribution in [2.75, 3.05) is 16.8 Å². The molecule has 0 radical (unpaired) electrons. The van der Waals surface area contributed by atoms with Crippen LogP contribution in [0.5, 0.6) is 0 Å². The molecule has 0 aromatic heterocycles. The highest BCUT2D eigenvalue weighted by molar-refractivity contribution is 6.01. The van der Waals surface area contributed by atoms with Crippen molar-refractivity contribution in [1.82, 2.24) is 0 Å². The number of anilines is 2. The second-order valence-corrected chi connectivity index (χ2v) is 5.04. The maximum atomic E-state index is 10.1. The Morgan fingerprint density at radius 3 is 2.42 bits per heavy atom. The van der Waals surface area contributed by atoms with Crippen LogP contribution < -0.4 is 10.2 Å². The van der Waals surface area contributed by atoms with Crippen LogP contribution in [0.2, 0.25) is 0 Å². The zero-order chi connectivity index (χ0) is 13.6. The van der Waals surface area contributed by atoms with E-state index in [0.717, 1.165) is 34.2 Å². The number of hydrazone groups is 1. The first-order chi connectivity index (χ1) is 9.13. The second-order valence-electron chi connectivity index (χ2n) is 5.04. The summed E-state index contributed by atoms with van der Waals surface area (Å²) in [7, 11) is 0. The smallest absolute Gasteiger partial charge is 0.157 e. The lowest BCUT2D eigenvalue weighted by molar-refractivity contribution is 0.232. The lowest BCUT2D eigenvalue weighted by Crippen LogP contribution is -2.35. The standard InChI is InChI=1S/C13H17N3O3/c1-2-13-14-16(19)12-6-10-4-8(7-17)3-9(10)5-11(12)15(13)18/h5-6,8,17-19H,2-4,7H2,1H3. The number of amidine groups is 1. The zero-order valence-electron chi connectivity index (χ0n) is 10.7. The summed E-state index contributed by atoms with van der Waals surface area (Å²) in [5, 5.41) is 35.0. The molecule has 0 saturated carbocycles. The van der Waals surface area contributed by atoms with Crippen LogP contribution in [-0.4, -0.2) is 28.0 Å². The van der Waals surface area contributed by atoms with Gasteiger partial charge in [-0.25, -0.2) is 5.06 Å². The first kappa shape index (κ1) is 12.4. The Bertz CT molecular complexity index is 544. The predicted molar refractivity (Wildman–Crippen MR) is 70.7 cm³/mol. The van der Waals surface area contributed by atoms with Crippen molar-refractivity contribution in [3.8, 4) is 0 Å². The molecule has 0 amide bonds. The van der Waals surface area contributed by atoms with Gasteiger partial charge in [-0.05, 0) is 42.0 Å². The third-order valence-corrected chi connectivity index (χ3v) is 3.79. The summed E-state index contributed by atoms with van der Waals surface area (Å²) >= 11 is 0. The Kier molecular flexibility index (Phi) is 2.93. The van der Waals surface area contributed by atoms with Gasteiger partial charge >= 0.3 is 0 Å². The first-order valence-corrected chi connectivity index (χ1v) is 6.46. The summed E-state index contributed by atoms with van der Waals surface area (Å²) in [5.41, 5.74) is 3.21. The largest absolute Gasteiger partial charge is 0.396 e. The Hall–Kier alpha value is -1.63. The highest BCUT2D eigenvalue weighted by atomic mass is 16.5. The van der Waals surface area contributed by atoms with Crippen molar-refractivity contribution in [2.24, 2.45) is 11.0 Å². The number of hydrogen-bond donors (Lipinski definition) is 3. The van der Waals surface area contributed by atoms with E-state index in [2.05, 4.69) is 5.10 Å². The van der Waals surface area contributed by atoms with Crippen LogP contribution in [0.15, 0.2) is 17.2 Å². The molecule has 102 valence electrons. The quantitative estimate of drug-likeness (QED) is 0.754. The molecule has 0 saturated heterocycles. The number of hydrogen-bond acceptors (Lipinski definition) is 6. The summed E-state index contributed by atoms with van der Waals surface area (Å²) in [5.74, 6) is 0.622. The van der Waals surface area contributed by atoms with Crippen LogP contribution in [0.25, 0.3) is 0 Å². The number of aliphatic hydroxyl groups excluding tert-OH is 1. The van der Waals surface area contributed by atoms with Gasteiger partial charge in [-0.3, -0.25) is 10.4 Å². The predicted octanol–water partition coefficient (Wildman–Crippen LogP) is 1.52. The summed E-state index contributed by atoms with van der Waals surface area (Å²) in [6, 6.07) is 3.70. The van der Waals surface area contributed by atoms with Crippen molar-refractivity contribution in [3.05, 3.63) is 23.3 Å². The molecule has 1 heterocycles. The van der Waals surface area contributed by atoms with Crippen molar-refractivity contribution < 1.29 is 15.5 Å². The average molecular weight is 263 g/mol. The maximum Gasteiger partial charge on any atom is 0.157 e. The van der Waals surface area contributed by atoms with Crippen LogP contribution in [0.3, 0.4) is 0 Å². The average Bonchev–Trinajstić information content (AvgIpc) is 2.83. The molecule has 1 aliphatic heterocycles. The molecule has 1 aliphatic carbocycles. The number of rotatable bonds is 2. The van der Waals surface area contributed by atoms with Gasteiger partial charge in [-0.1, -0.05) is 6.92 Å². The number of aliphatic hydroxyl groups is 1. The van der Waals surface area contributed by atoms with Gasteiger partial charge in [-0.15, -0.1) is 10.3 Å². The number of fused-ring (bicyclic) bond motifs is 2. The van der Waals surface area contributed by atoms with Gasteiger partial charge in [0.05, 0.1) is 5.69 Å². The monoisotopic (exact) mass is 263 g/mol. The van der Waals surface area contributed by atoms with Gasteiger partial charge in [0.1, 0.15) is 5.69 Å². The lowest BCUT2D eigenvalue weighted by Gasteiger charge is -2.29. The normalized spacial score (nSPS) is 21.3. The summed E-state index contributed by atoms with van der Waals surface area (Å²) in [4.78, 5) is 0. The minimum Gasteiger partial charge on any atom is -0.396 e. The van der Waals surface area contributed by atoms with Crippen LogP contribution in [0, 0.1) is 5.92 Å². The molecule has 6 heteroatoms. The van der Waals surface area contributed by atoms with Gasteiger partial charge in [0.2, 0.25) is 0 Å². The highest BCUT2D eigenvalue weighted by Crippen LogP contribution is 2.39. The third-order valence-electron chi connectivity index (χ3n) is 3.79. The van der Waals surface area contributed by atoms with E-state index in [4.69, 9.17) is 0 Å². The van der Waals surface area contributed by atoms with Crippen molar-refractivity contribution >= 4 is 17.2 Å². The Morgan fingerprint density at radius 1 is 1.21 bits per heavy atom. The molecular weight excluding hydrogens is 246 g/mol. The topological polar surface area (TPSA) is 79.5 Å². The highest BCUT2D eigenvalue weighted by Gasteiger charge is 2.29. The lowest BCUT2D eigenvalue weighted by atomic mass is 10.1. The third kappa shape index (κ3) is 1.88. The molecule has 1 unspecified atom stereocenters. The van der Waals surface area contributed by atoms with Gasteiger partial charge in [-0.2, -0.15) is 0 Å². The van der Waals surface area contributed by atoms with Gasteiger partial charge in [0.15, 0.2) is 5.84 Å². The molecule has 6 nitrogen and oxygen atoms in total.